The Morgan fingerprint density at radius 2 is 1.74 bits per heavy atom. The Labute approximate surface area is 197 Å². The quantitative estimate of drug-likeness (QED) is 0.428. The Morgan fingerprint density at radius 3 is 2.50 bits per heavy atom. The third-order valence-electron chi connectivity index (χ3n) is 5.56. The van der Waals surface area contributed by atoms with Crippen molar-refractivity contribution in [2.24, 2.45) is 7.05 Å². The Morgan fingerprint density at radius 1 is 0.912 bits per heavy atom. The van der Waals surface area contributed by atoms with Gasteiger partial charge >= 0.3 is 0 Å². The molecule has 0 aliphatic carbocycles. The monoisotopic (exact) mass is 455 g/mol. The molecule has 2 N–H and O–H groups in total. The molecule has 4 heterocycles. The van der Waals surface area contributed by atoms with Gasteiger partial charge in [0.2, 0.25) is 5.95 Å². The summed E-state index contributed by atoms with van der Waals surface area (Å²) in [4.78, 5) is 26.1. The number of para-hydroxylation sites is 1. The van der Waals surface area contributed by atoms with Crippen LogP contribution in [0.2, 0.25) is 0 Å². The molecule has 0 unspecified atom stereocenters. The fourth-order valence-electron chi connectivity index (χ4n) is 3.75. The van der Waals surface area contributed by atoms with E-state index in [-0.39, 0.29) is 5.56 Å². The highest BCUT2D eigenvalue weighted by Gasteiger charge is 2.13. The van der Waals surface area contributed by atoms with E-state index < -0.39 is 0 Å². The third-order valence-corrected chi connectivity index (χ3v) is 5.56. The Bertz CT molecular complexity index is 1320. The van der Waals surface area contributed by atoms with Gasteiger partial charge in [0.1, 0.15) is 17.3 Å². The summed E-state index contributed by atoms with van der Waals surface area (Å²) >= 11 is 0. The molecule has 9 heteroatoms. The van der Waals surface area contributed by atoms with E-state index in [9.17, 15) is 4.79 Å². The average molecular weight is 456 g/mol. The van der Waals surface area contributed by atoms with Crippen molar-refractivity contribution in [1.82, 2.24) is 24.5 Å². The normalized spacial score (nSPS) is 13.6. The van der Waals surface area contributed by atoms with Crippen LogP contribution in [0.1, 0.15) is 12.8 Å². The van der Waals surface area contributed by atoms with Crippen LogP contribution in [0.25, 0.3) is 11.3 Å². The molecule has 1 saturated heterocycles. The molecule has 3 aromatic heterocycles. The van der Waals surface area contributed by atoms with E-state index in [0.717, 1.165) is 24.6 Å². The number of nitrogens with zero attached hydrogens (tertiary/aromatic N) is 5. The highest BCUT2D eigenvalue weighted by Crippen LogP contribution is 2.25. The molecule has 1 aromatic carbocycles. The smallest absolute Gasteiger partial charge is 0.264 e. The maximum atomic E-state index is 12.9. The van der Waals surface area contributed by atoms with Gasteiger partial charge < -0.3 is 15.5 Å². The van der Waals surface area contributed by atoms with Gasteiger partial charge in [0.25, 0.3) is 5.56 Å². The Hall–Kier alpha value is -4.24. The van der Waals surface area contributed by atoms with E-state index in [2.05, 4.69) is 30.7 Å². The first-order valence-corrected chi connectivity index (χ1v) is 11.2. The van der Waals surface area contributed by atoms with Gasteiger partial charge in [-0.1, -0.05) is 18.2 Å². The first-order chi connectivity index (χ1) is 16.7. The Kier molecular flexibility index (Phi) is 6.17. The summed E-state index contributed by atoms with van der Waals surface area (Å²) in [6.07, 6.45) is 7.21. The highest BCUT2D eigenvalue weighted by molar-refractivity contribution is 5.60. The number of hydrazine groups is 1. The standard InChI is InChI=1S/C25H25N7O2/c1-31-24(33)21(17-28-25(31)29-18-7-3-2-4-8-18)22-10-9-20(16-27-22)34-19-11-12-26-23(15-19)30-32-13-5-6-14-32/h2-4,7-12,15-17H,5-6,13-14H2,1H3,(H,26,30)(H,28,29). The highest BCUT2D eigenvalue weighted by atomic mass is 16.5. The van der Waals surface area contributed by atoms with Crippen molar-refractivity contribution in [3.05, 3.63) is 83.5 Å². The van der Waals surface area contributed by atoms with E-state index in [1.165, 1.54) is 23.6 Å². The molecule has 1 fully saturated rings. The van der Waals surface area contributed by atoms with Crippen molar-refractivity contribution in [3.8, 4) is 22.8 Å². The summed E-state index contributed by atoms with van der Waals surface area (Å²) < 4.78 is 7.42. The summed E-state index contributed by atoms with van der Waals surface area (Å²) in [5.41, 5.74) is 4.90. The molecule has 0 atom stereocenters. The molecule has 4 aromatic rings. The molecule has 0 saturated carbocycles. The van der Waals surface area contributed by atoms with Crippen LogP contribution in [0.4, 0.5) is 17.5 Å². The Balaban J connectivity index is 1.29. The zero-order chi connectivity index (χ0) is 23.3. The summed E-state index contributed by atoms with van der Waals surface area (Å²) in [7, 11) is 1.68. The summed E-state index contributed by atoms with van der Waals surface area (Å²) in [6, 6.07) is 16.8. The number of benzene rings is 1. The van der Waals surface area contributed by atoms with Crippen LogP contribution in [0, 0.1) is 0 Å². The van der Waals surface area contributed by atoms with Crippen LogP contribution in [0.3, 0.4) is 0 Å². The SMILES string of the molecule is Cn1c(Nc2ccccc2)ncc(-c2ccc(Oc3ccnc(NN4CCCC4)c3)cn2)c1=O. The molecule has 172 valence electrons. The van der Waals surface area contributed by atoms with Crippen molar-refractivity contribution >= 4 is 17.5 Å². The predicted octanol–water partition coefficient (Wildman–Crippen LogP) is 4.20. The molecule has 0 spiro atoms. The van der Waals surface area contributed by atoms with Crippen molar-refractivity contribution in [2.75, 3.05) is 23.8 Å². The second-order valence-electron chi connectivity index (χ2n) is 8.01. The number of anilines is 3. The van der Waals surface area contributed by atoms with Crippen molar-refractivity contribution in [2.45, 2.75) is 12.8 Å². The molecule has 0 amide bonds. The first kappa shape index (κ1) is 21.6. The second kappa shape index (κ2) is 9.72. The summed E-state index contributed by atoms with van der Waals surface area (Å²) in [6.45, 7) is 2.02. The number of nitrogens with one attached hydrogen (secondary N) is 2. The molecule has 0 radical (unpaired) electrons. The lowest BCUT2D eigenvalue weighted by atomic mass is 10.2. The average Bonchev–Trinajstić information content (AvgIpc) is 3.37. The van der Waals surface area contributed by atoms with Crippen LogP contribution >= 0.6 is 0 Å². The molecule has 34 heavy (non-hydrogen) atoms. The molecule has 5 rings (SSSR count). The van der Waals surface area contributed by atoms with E-state index in [1.54, 1.807) is 37.6 Å². The van der Waals surface area contributed by atoms with Crippen LogP contribution in [-0.4, -0.2) is 37.6 Å². The van der Waals surface area contributed by atoms with Gasteiger partial charge in [-0.05, 0) is 43.2 Å². The molecule has 9 nitrogen and oxygen atoms in total. The van der Waals surface area contributed by atoms with Crippen LogP contribution in [0.15, 0.2) is 78.0 Å². The zero-order valence-corrected chi connectivity index (χ0v) is 18.8. The van der Waals surface area contributed by atoms with Gasteiger partial charge in [-0.3, -0.25) is 14.3 Å². The number of hydrogen-bond acceptors (Lipinski definition) is 8. The molecule has 1 aliphatic heterocycles. The maximum absolute atomic E-state index is 12.9. The van der Waals surface area contributed by atoms with Crippen LogP contribution < -0.4 is 21.0 Å². The number of aromatic nitrogens is 4. The fourth-order valence-corrected chi connectivity index (χ4v) is 3.75. The van der Waals surface area contributed by atoms with Gasteiger partial charge in [-0.25, -0.2) is 15.0 Å². The lowest BCUT2D eigenvalue weighted by molar-refractivity contribution is 0.407. The topological polar surface area (TPSA) is 97.2 Å². The summed E-state index contributed by atoms with van der Waals surface area (Å²) in [5.74, 6) is 2.41. The summed E-state index contributed by atoms with van der Waals surface area (Å²) in [5, 5.41) is 5.30. The second-order valence-corrected chi connectivity index (χ2v) is 8.01. The number of ether oxygens (including phenoxy) is 1. The zero-order valence-electron chi connectivity index (χ0n) is 18.8. The number of rotatable bonds is 7. The van der Waals surface area contributed by atoms with Crippen LogP contribution in [-0.2, 0) is 7.05 Å². The molecular weight excluding hydrogens is 430 g/mol. The van der Waals surface area contributed by atoms with Crippen molar-refractivity contribution < 1.29 is 4.74 Å². The van der Waals surface area contributed by atoms with E-state index >= 15 is 0 Å². The maximum Gasteiger partial charge on any atom is 0.264 e. The number of pyridine rings is 2. The number of hydrogen-bond donors (Lipinski definition) is 2. The fraction of sp³-hybridized carbons (Fsp3) is 0.200. The minimum absolute atomic E-state index is 0.193. The van der Waals surface area contributed by atoms with Gasteiger partial charge in [-0.2, -0.15) is 0 Å². The van der Waals surface area contributed by atoms with Gasteiger partial charge in [0.05, 0.1) is 17.5 Å². The largest absolute Gasteiger partial charge is 0.456 e. The molecular formula is C25H25N7O2. The van der Waals surface area contributed by atoms with Gasteiger partial charge in [0.15, 0.2) is 0 Å². The molecule has 0 bridgehead atoms. The lowest BCUT2D eigenvalue weighted by Crippen LogP contribution is -2.26. The first-order valence-electron chi connectivity index (χ1n) is 11.2. The molecule has 1 aliphatic rings. The lowest BCUT2D eigenvalue weighted by Gasteiger charge is -2.17. The van der Waals surface area contributed by atoms with Gasteiger partial charge in [-0.15, -0.1) is 0 Å². The third kappa shape index (κ3) is 4.89. The minimum atomic E-state index is -0.193. The minimum Gasteiger partial charge on any atom is -0.456 e. The van der Waals surface area contributed by atoms with E-state index in [1.807, 2.05) is 36.4 Å². The van der Waals surface area contributed by atoms with E-state index in [0.29, 0.717) is 28.7 Å². The van der Waals surface area contributed by atoms with Crippen LogP contribution in [0.5, 0.6) is 11.5 Å². The predicted molar refractivity (Wildman–Crippen MR) is 131 cm³/mol. The van der Waals surface area contributed by atoms with Crippen molar-refractivity contribution in [1.29, 1.82) is 0 Å². The van der Waals surface area contributed by atoms with E-state index in [4.69, 9.17) is 4.74 Å². The van der Waals surface area contributed by atoms with Gasteiger partial charge in [0, 0.05) is 44.3 Å². The van der Waals surface area contributed by atoms with Crippen molar-refractivity contribution in [3.63, 3.8) is 0 Å².